The highest BCUT2D eigenvalue weighted by atomic mass is 16.5. The molecule has 4 aromatic rings. The Morgan fingerprint density at radius 1 is 1.19 bits per heavy atom. The number of hydrogen-bond acceptors (Lipinski definition) is 6. The fourth-order valence-electron chi connectivity index (χ4n) is 3.35. The van der Waals surface area contributed by atoms with Gasteiger partial charge >= 0.3 is 0 Å². The molecule has 0 unspecified atom stereocenters. The number of hydrogen-bond donors (Lipinski definition) is 1. The molecule has 0 radical (unpaired) electrons. The van der Waals surface area contributed by atoms with Crippen LogP contribution in [0.15, 0.2) is 68.9 Å². The predicted octanol–water partition coefficient (Wildman–Crippen LogP) is 4.79. The van der Waals surface area contributed by atoms with Gasteiger partial charge in [-0.1, -0.05) is 30.3 Å². The Labute approximate surface area is 180 Å². The number of nitrogens with zero attached hydrogens (tertiary/aromatic N) is 3. The molecule has 0 bridgehead atoms. The predicted molar refractivity (Wildman–Crippen MR) is 124 cm³/mol. The first-order valence-electron chi connectivity index (χ1n) is 10.4. The van der Waals surface area contributed by atoms with Gasteiger partial charge in [0.1, 0.15) is 11.3 Å². The van der Waals surface area contributed by atoms with Crippen molar-refractivity contribution in [1.29, 1.82) is 0 Å². The lowest BCUT2D eigenvalue weighted by atomic mass is 10.2. The molecule has 0 spiro atoms. The lowest BCUT2D eigenvalue weighted by Gasteiger charge is -2.14. The number of fused-ring (bicyclic) bond motifs is 2. The van der Waals surface area contributed by atoms with Gasteiger partial charge in [-0.2, -0.15) is 5.10 Å². The normalized spacial score (nSPS) is 12.2. The Kier molecular flexibility index (Phi) is 6.13. The van der Waals surface area contributed by atoms with Gasteiger partial charge in [0.2, 0.25) is 5.95 Å². The number of furan rings is 1. The number of benzene rings is 2. The summed E-state index contributed by atoms with van der Waals surface area (Å²) in [6.45, 7) is 6.88. The van der Waals surface area contributed by atoms with Crippen molar-refractivity contribution >= 4 is 33.5 Å². The van der Waals surface area contributed by atoms with Crippen LogP contribution in [0.2, 0.25) is 0 Å². The van der Waals surface area contributed by atoms with E-state index in [1.165, 1.54) is 0 Å². The van der Waals surface area contributed by atoms with Crippen LogP contribution in [0.4, 0.5) is 5.95 Å². The standard InChI is InChI=1S/C24H26N4O3/c1-16(2)30-14-8-13-28-23(29)19-10-5-6-11-20(19)25-24(28)27-26-17(3)22-15-18-9-4-7-12-21(18)31-22/h4-7,9-12,15-16H,8,13-14H2,1-3H3,(H,25,27)/b26-17-. The van der Waals surface area contributed by atoms with Crippen LogP contribution < -0.4 is 11.0 Å². The van der Waals surface area contributed by atoms with E-state index in [9.17, 15) is 4.79 Å². The Bertz CT molecular complexity index is 1250. The van der Waals surface area contributed by atoms with E-state index >= 15 is 0 Å². The highest BCUT2D eigenvalue weighted by Crippen LogP contribution is 2.19. The van der Waals surface area contributed by atoms with Gasteiger partial charge in [0, 0.05) is 18.5 Å². The fourth-order valence-corrected chi connectivity index (χ4v) is 3.35. The maximum absolute atomic E-state index is 13.1. The summed E-state index contributed by atoms with van der Waals surface area (Å²) in [4.78, 5) is 17.7. The summed E-state index contributed by atoms with van der Waals surface area (Å²) in [5.41, 5.74) is 4.97. The zero-order valence-electron chi connectivity index (χ0n) is 18.0. The SMILES string of the molecule is C/C(=N/Nc1nc2ccccc2c(=O)n1CCCOC(C)C)c1cc2ccccc2o1. The molecule has 31 heavy (non-hydrogen) atoms. The molecule has 0 aliphatic heterocycles. The first-order valence-corrected chi connectivity index (χ1v) is 10.4. The number of nitrogens with one attached hydrogen (secondary N) is 1. The van der Waals surface area contributed by atoms with Crippen LogP contribution in [0.3, 0.4) is 0 Å². The van der Waals surface area contributed by atoms with Gasteiger partial charge in [-0.25, -0.2) is 10.4 Å². The molecule has 7 heteroatoms. The summed E-state index contributed by atoms with van der Waals surface area (Å²) < 4.78 is 13.1. The Hall–Kier alpha value is -3.45. The zero-order chi connectivity index (χ0) is 21.8. The zero-order valence-corrected chi connectivity index (χ0v) is 18.0. The van der Waals surface area contributed by atoms with E-state index in [0.29, 0.717) is 47.9 Å². The maximum Gasteiger partial charge on any atom is 0.262 e. The van der Waals surface area contributed by atoms with Crippen LogP contribution in [-0.4, -0.2) is 28.0 Å². The van der Waals surface area contributed by atoms with Crippen LogP contribution >= 0.6 is 0 Å². The Morgan fingerprint density at radius 2 is 1.97 bits per heavy atom. The Morgan fingerprint density at radius 3 is 2.77 bits per heavy atom. The van der Waals surface area contributed by atoms with E-state index in [2.05, 4.69) is 15.5 Å². The van der Waals surface area contributed by atoms with Crippen molar-refractivity contribution in [1.82, 2.24) is 9.55 Å². The quantitative estimate of drug-likeness (QED) is 0.253. The third-order valence-electron chi connectivity index (χ3n) is 4.94. The second-order valence-corrected chi connectivity index (χ2v) is 7.64. The molecule has 0 atom stereocenters. The average Bonchev–Trinajstić information content (AvgIpc) is 3.21. The molecule has 0 aliphatic carbocycles. The van der Waals surface area contributed by atoms with E-state index in [-0.39, 0.29) is 11.7 Å². The van der Waals surface area contributed by atoms with Gasteiger partial charge in [0.15, 0.2) is 5.76 Å². The molecule has 1 N–H and O–H groups in total. The van der Waals surface area contributed by atoms with Crippen molar-refractivity contribution in [3.8, 4) is 0 Å². The van der Waals surface area contributed by atoms with Gasteiger partial charge < -0.3 is 9.15 Å². The van der Waals surface area contributed by atoms with Crippen LogP contribution in [-0.2, 0) is 11.3 Å². The maximum atomic E-state index is 13.1. The van der Waals surface area contributed by atoms with Gasteiger partial charge in [0.05, 0.1) is 17.0 Å². The minimum Gasteiger partial charge on any atom is -0.455 e. The van der Waals surface area contributed by atoms with Gasteiger partial charge in [-0.3, -0.25) is 9.36 Å². The molecule has 2 aromatic carbocycles. The van der Waals surface area contributed by atoms with Crippen molar-refractivity contribution < 1.29 is 9.15 Å². The molecule has 7 nitrogen and oxygen atoms in total. The largest absolute Gasteiger partial charge is 0.455 e. The van der Waals surface area contributed by atoms with Crippen LogP contribution in [0, 0.1) is 0 Å². The lowest BCUT2D eigenvalue weighted by Crippen LogP contribution is -2.25. The molecule has 0 amide bonds. The molecule has 0 saturated carbocycles. The van der Waals surface area contributed by atoms with Crippen molar-refractivity contribution in [3.63, 3.8) is 0 Å². The van der Waals surface area contributed by atoms with Crippen LogP contribution in [0.25, 0.3) is 21.9 Å². The topological polar surface area (TPSA) is 81.7 Å². The minimum atomic E-state index is -0.103. The van der Waals surface area contributed by atoms with Gasteiger partial charge in [-0.15, -0.1) is 0 Å². The molecule has 2 heterocycles. The van der Waals surface area contributed by atoms with Crippen molar-refractivity contribution in [2.45, 2.75) is 39.8 Å². The van der Waals surface area contributed by atoms with Crippen LogP contribution in [0.5, 0.6) is 0 Å². The van der Waals surface area contributed by atoms with Crippen molar-refractivity contribution in [2.75, 3.05) is 12.0 Å². The molecular formula is C24H26N4O3. The highest BCUT2D eigenvalue weighted by Gasteiger charge is 2.12. The van der Waals surface area contributed by atoms with Crippen molar-refractivity contribution in [2.24, 2.45) is 5.10 Å². The minimum absolute atomic E-state index is 0.103. The van der Waals surface area contributed by atoms with E-state index in [4.69, 9.17) is 9.15 Å². The van der Waals surface area contributed by atoms with E-state index in [0.717, 1.165) is 11.0 Å². The van der Waals surface area contributed by atoms with E-state index in [1.807, 2.05) is 69.3 Å². The summed E-state index contributed by atoms with van der Waals surface area (Å²) in [5.74, 6) is 1.05. The summed E-state index contributed by atoms with van der Waals surface area (Å²) in [5, 5.41) is 6.04. The lowest BCUT2D eigenvalue weighted by molar-refractivity contribution is 0.0748. The smallest absolute Gasteiger partial charge is 0.262 e. The molecule has 0 fully saturated rings. The molecule has 0 aliphatic rings. The monoisotopic (exact) mass is 418 g/mol. The second-order valence-electron chi connectivity index (χ2n) is 7.64. The molecular weight excluding hydrogens is 392 g/mol. The van der Waals surface area contributed by atoms with E-state index in [1.54, 1.807) is 10.6 Å². The summed E-state index contributed by atoms with van der Waals surface area (Å²) >= 11 is 0. The number of para-hydroxylation sites is 2. The highest BCUT2D eigenvalue weighted by molar-refractivity contribution is 6.00. The molecule has 4 rings (SSSR count). The number of ether oxygens (including phenoxy) is 1. The van der Waals surface area contributed by atoms with Gasteiger partial charge in [-0.05, 0) is 51.5 Å². The summed E-state index contributed by atoms with van der Waals surface area (Å²) in [7, 11) is 0. The van der Waals surface area contributed by atoms with Crippen molar-refractivity contribution in [3.05, 3.63) is 70.7 Å². The number of rotatable bonds is 8. The second kappa shape index (κ2) is 9.14. The van der Waals surface area contributed by atoms with E-state index < -0.39 is 0 Å². The molecule has 0 saturated heterocycles. The van der Waals surface area contributed by atoms with Crippen LogP contribution in [0.1, 0.15) is 33.0 Å². The number of hydrazone groups is 1. The third kappa shape index (κ3) is 4.67. The molecule has 160 valence electrons. The summed E-state index contributed by atoms with van der Waals surface area (Å²) in [6, 6.07) is 17.1. The van der Waals surface area contributed by atoms with Gasteiger partial charge in [0.25, 0.3) is 5.56 Å². The third-order valence-corrected chi connectivity index (χ3v) is 4.94. The first kappa shape index (κ1) is 20.8. The molecule has 2 aromatic heterocycles. The average molecular weight is 418 g/mol. The number of aromatic nitrogens is 2. The number of anilines is 1. The fraction of sp³-hybridized carbons (Fsp3) is 0.292. The summed E-state index contributed by atoms with van der Waals surface area (Å²) in [6.07, 6.45) is 0.846. The first-order chi connectivity index (χ1) is 15.0. The Balaban J connectivity index is 1.63.